The van der Waals surface area contributed by atoms with Gasteiger partial charge in [0.05, 0.1) is 25.3 Å². The van der Waals surface area contributed by atoms with Crippen LogP contribution in [-0.4, -0.2) is 41.3 Å². The number of carbonyl (C=O) groups is 2. The fourth-order valence-corrected chi connectivity index (χ4v) is 2.58. The van der Waals surface area contributed by atoms with E-state index in [0.29, 0.717) is 0 Å². The summed E-state index contributed by atoms with van der Waals surface area (Å²) in [5.41, 5.74) is 0.279. The number of rotatable bonds is 2. The monoisotopic (exact) mass is 333 g/mol. The van der Waals surface area contributed by atoms with E-state index in [2.05, 4.69) is 0 Å². The van der Waals surface area contributed by atoms with Crippen LogP contribution in [0.4, 0.5) is 4.79 Å². The summed E-state index contributed by atoms with van der Waals surface area (Å²) in [6.07, 6.45) is -0.404. The van der Waals surface area contributed by atoms with Crippen molar-refractivity contribution in [2.75, 3.05) is 13.7 Å². The van der Waals surface area contributed by atoms with E-state index in [1.54, 1.807) is 20.8 Å². The van der Waals surface area contributed by atoms with Crippen molar-refractivity contribution in [3.05, 3.63) is 47.2 Å². The van der Waals surface area contributed by atoms with Crippen molar-refractivity contribution in [2.24, 2.45) is 0 Å². The van der Waals surface area contributed by atoms with Gasteiger partial charge in [0, 0.05) is 6.42 Å². The van der Waals surface area contributed by atoms with Crippen molar-refractivity contribution in [1.29, 1.82) is 0 Å². The first kappa shape index (κ1) is 17.8. The topological polar surface area (TPSA) is 76.1 Å². The van der Waals surface area contributed by atoms with Crippen LogP contribution in [0.2, 0.25) is 0 Å². The van der Waals surface area contributed by atoms with Gasteiger partial charge in [-0.3, -0.25) is 4.90 Å². The van der Waals surface area contributed by atoms with E-state index < -0.39 is 23.7 Å². The summed E-state index contributed by atoms with van der Waals surface area (Å²) in [6.45, 7) is 5.27. The molecule has 6 nitrogen and oxygen atoms in total. The lowest BCUT2D eigenvalue weighted by Crippen LogP contribution is -2.44. The third kappa shape index (κ3) is 4.07. The molecule has 1 aromatic carbocycles. The van der Waals surface area contributed by atoms with Crippen molar-refractivity contribution in [2.45, 2.75) is 38.8 Å². The molecule has 0 unspecified atom stereocenters. The maximum absolute atomic E-state index is 12.6. The molecule has 24 heavy (non-hydrogen) atoms. The molecule has 2 rings (SSSR count). The predicted molar refractivity (Wildman–Crippen MR) is 88.4 cm³/mol. The van der Waals surface area contributed by atoms with Gasteiger partial charge in [-0.1, -0.05) is 30.3 Å². The molecule has 0 aromatic heterocycles. The average Bonchev–Trinajstić information content (AvgIpc) is 2.53. The Morgan fingerprint density at radius 1 is 1.21 bits per heavy atom. The Morgan fingerprint density at radius 3 is 2.38 bits per heavy atom. The SMILES string of the molecule is COC(=O)C1=C(O)C[C@@H](c2ccccc2)N(C(=O)OC(C)(C)C)C1. The van der Waals surface area contributed by atoms with Crippen LogP contribution in [-0.2, 0) is 14.3 Å². The van der Waals surface area contributed by atoms with Crippen LogP contribution in [0.15, 0.2) is 41.7 Å². The second-order valence-electron chi connectivity index (χ2n) is 6.66. The van der Waals surface area contributed by atoms with Crippen LogP contribution in [0, 0.1) is 0 Å². The number of aliphatic hydroxyl groups excluding tert-OH is 1. The lowest BCUT2D eigenvalue weighted by molar-refractivity contribution is -0.136. The van der Waals surface area contributed by atoms with Crippen LogP contribution in [0.1, 0.15) is 38.8 Å². The Bertz CT molecular complexity index is 645. The minimum Gasteiger partial charge on any atom is -0.512 e. The summed E-state index contributed by atoms with van der Waals surface area (Å²) < 4.78 is 10.2. The van der Waals surface area contributed by atoms with E-state index in [9.17, 15) is 14.7 Å². The molecule has 0 bridgehead atoms. The van der Waals surface area contributed by atoms with Gasteiger partial charge in [0.1, 0.15) is 11.4 Å². The maximum Gasteiger partial charge on any atom is 0.411 e. The van der Waals surface area contributed by atoms with Crippen LogP contribution < -0.4 is 0 Å². The molecule has 0 aliphatic carbocycles. The van der Waals surface area contributed by atoms with E-state index in [-0.39, 0.29) is 24.3 Å². The lowest BCUT2D eigenvalue weighted by Gasteiger charge is -2.37. The summed E-state index contributed by atoms with van der Waals surface area (Å²) in [4.78, 5) is 25.9. The normalized spacial score (nSPS) is 18.3. The van der Waals surface area contributed by atoms with Crippen LogP contribution >= 0.6 is 0 Å². The molecular weight excluding hydrogens is 310 g/mol. The molecule has 1 N–H and O–H groups in total. The van der Waals surface area contributed by atoms with E-state index in [1.165, 1.54) is 12.0 Å². The molecule has 6 heteroatoms. The number of benzene rings is 1. The molecule has 1 aliphatic rings. The third-order valence-corrected chi connectivity index (χ3v) is 3.68. The molecule has 1 amide bonds. The van der Waals surface area contributed by atoms with Crippen molar-refractivity contribution >= 4 is 12.1 Å². The van der Waals surface area contributed by atoms with Crippen LogP contribution in [0.5, 0.6) is 0 Å². The Hall–Kier alpha value is -2.50. The third-order valence-electron chi connectivity index (χ3n) is 3.68. The fraction of sp³-hybridized carbons (Fsp3) is 0.444. The highest BCUT2D eigenvalue weighted by Gasteiger charge is 2.37. The molecule has 0 spiro atoms. The fourth-order valence-electron chi connectivity index (χ4n) is 2.58. The highest BCUT2D eigenvalue weighted by Crippen LogP contribution is 2.34. The van der Waals surface area contributed by atoms with E-state index in [0.717, 1.165) is 5.56 Å². The van der Waals surface area contributed by atoms with Gasteiger partial charge in [-0.05, 0) is 26.3 Å². The molecule has 0 saturated carbocycles. The lowest BCUT2D eigenvalue weighted by atomic mass is 9.95. The standard InChI is InChI=1S/C18H23NO5/c1-18(2,3)24-17(22)19-11-13(16(21)23-4)15(20)10-14(19)12-8-6-5-7-9-12/h5-9,14,20H,10-11H2,1-4H3/t14-/m0/s1. The van der Waals surface area contributed by atoms with Crippen molar-refractivity contribution in [3.8, 4) is 0 Å². The first-order valence-corrected chi connectivity index (χ1v) is 7.77. The first-order chi connectivity index (χ1) is 11.2. The smallest absolute Gasteiger partial charge is 0.411 e. The van der Waals surface area contributed by atoms with Gasteiger partial charge >= 0.3 is 12.1 Å². The van der Waals surface area contributed by atoms with Gasteiger partial charge in [0.2, 0.25) is 0 Å². The number of hydrogen-bond acceptors (Lipinski definition) is 5. The van der Waals surface area contributed by atoms with Crippen molar-refractivity contribution < 1.29 is 24.2 Å². The predicted octanol–water partition coefficient (Wildman–Crippen LogP) is 3.35. The number of amides is 1. The van der Waals surface area contributed by atoms with Crippen LogP contribution in [0.25, 0.3) is 0 Å². The number of carbonyl (C=O) groups excluding carboxylic acids is 2. The summed E-state index contributed by atoms with van der Waals surface area (Å²) in [5, 5.41) is 10.2. The zero-order valence-electron chi connectivity index (χ0n) is 14.4. The molecule has 1 heterocycles. The van der Waals surface area contributed by atoms with Gasteiger partial charge < -0.3 is 14.6 Å². The number of hydrogen-bond donors (Lipinski definition) is 1. The summed E-state index contributed by atoms with van der Waals surface area (Å²) >= 11 is 0. The number of methoxy groups -OCH3 is 1. The molecule has 1 aromatic rings. The Labute approximate surface area is 141 Å². The second kappa shape index (κ2) is 6.95. The van der Waals surface area contributed by atoms with Crippen LogP contribution in [0.3, 0.4) is 0 Å². The number of esters is 1. The number of nitrogens with zero attached hydrogens (tertiary/aromatic N) is 1. The quantitative estimate of drug-likeness (QED) is 0.840. The molecule has 1 atom stereocenters. The van der Waals surface area contributed by atoms with Crippen molar-refractivity contribution in [3.63, 3.8) is 0 Å². The highest BCUT2D eigenvalue weighted by atomic mass is 16.6. The maximum atomic E-state index is 12.6. The van der Waals surface area contributed by atoms with Gasteiger partial charge in [-0.15, -0.1) is 0 Å². The Kier molecular flexibility index (Phi) is 5.17. The van der Waals surface area contributed by atoms with Gasteiger partial charge in [-0.2, -0.15) is 0 Å². The largest absolute Gasteiger partial charge is 0.512 e. The molecule has 130 valence electrons. The average molecular weight is 333 g/mol. The zero-order valence-corrected chi connectivity index (χ0v) is 14.4. The zero-order chi connectivity index (χ0) is 17.9. The summed E-state index contributed by atoms with van der Waals surface area (Å²) in [5.74, 6) is -0.705. The molecular formula is C18H23NO5. The highest BCUT2D eigenvalue weighted by molar-refractivity contribution is 5.90. The number of ether oxygens (including phenoxy) is 2. The molecule has 0 radical (unpaired) electrons. The Morgan fingerprint density at radius 2 is 1.83 bits per heavy atom. The Balaban J connectivity index is 2.38. The van der Waals surface area contributed by atoms with Gasteiger partial charge in [0.25, 0.3) is 0 Å². The summed E-state index contributed by atoms with van der Waals surface area (Å²) in [6, 6.07) is 8.93. The first-order valence-electron chi connectivity index (χ1n) is 7.77. The number of aliphatic hydroxyl groups is 1. The second-order valence-corrected chi connectivity index (χ2v) is 6.66. The minimum atomic E-state index is -0.660. The van der Waals surface area contributed by atoms with E-state index in [4.69, 9.17) is 9.47 Å². The molecule has 0 fully saturated rings. The van der Waals surface area contributed by atoms with Gasteiger partial charge in [0.15, 0.2) is 0 Å². The van der Waals surface area contributed by atoms with Gasteiger partial charge in [-0.25, -0.2) is 9.59 Å². The van der Waals surface area contributed by atoms with E-state index >= 15 is 0 Å². The summed E-state index contributed by atoms with van der Waals surface area (Å²) in [7, 11) is 1.24. The molecule has 0 saturated heterocycles. The van der Waals surface area contributed by atoms with E-state index in [1.807, 2.05) is 30.3 Å². The minimum absolute atomic E-state index is 0.0597. The molecule has 1 aliphatic heterocycles. The van der Waals surface area contributed by atoms with Crippen molar-refractivity contribution in [1.82, 2.24) is 4.90 Å².